The second kappa shape index (κ2) is 6.57. The first kappa shape index (κ1) is 17.0. The number of rotatable bonds is 5. The molecule has 0 unspecified atom stereocenters. The highest BCUT2D eigenvalue weighted by Crippen LogP contribution is 2.26. The third-order valence-electron chi connectivity index (χ3n) is 2.80. The Morgan fingerprint density at radius 2 is 1.75 bits per heavy atom. The van der Waals surface area contributed by atoms with Gasteiger partial charge in [0.05, 0.1) is 5.69 Å². The number of hydrogen-bond acceptors (Lipinski definition) is 3. The van der Waals surface area contributed by atoms with Gasteiger partial charge in [0, 0.05) is 18.0 Å². The SMILES string of the molecule is CCCNCc1cc(OC(C)(C)C)nc(C(C)(C)C)c1. The van der Waals surface area contributed by atoms with Crippen molar-refractivity contribution >= 4 is 0 Å². The Kier molecular flexibility index (Phi) is 5.58. The molecule has 0 bridgehead atoms. The number of hydrogen-bond donors (Lipinski definition) is 1. The van der Waals surface area contributed by atoms with Gasteiger partial charge in [-0.25, -0.2) is 4.98 Å². The highest BCUT2D eigenvalue weighted by atomic mass is 16.5. The van der Waals surface area contributed by atoms with E-state index < -0.39 is 0 Å². The van der Waals surface area contributed by atoms with Gasteiger partial charge in [-0.15, -0.1) is 0 Å². The molecular formula is C17H30N2O. The van der Waals surface area contributed by atoms with Crippen molar-refractivity contribution in [3.63, 3.8) is 0 Å². The van der Waals surface area contributed by atoms with Crippen molar-refractivity contribution in [2.45, 2.75) is 72.4 Å². The zero-order chi connectivity index (χ0) is 15.4. The minimum absolute atomic E-state index is 0.0246. The highest BCUT2D eigenvalue weighted by molar-refractivity contribution is 5.29. The number of nitrogens with zero attached hydrogens (tertiary/aromatic N) is 1. The summed E-state index contributed by atoms with van der Waals surface area (Å²) >= 11 is 0. The number of pyridine rings is 1. The van der Waals surface area contributed by atoms with Crippen LogP contribution in [0.5, 0.6) is 5.88 Å². The van der Waals surface area contributed by atoms with Crippen molar-refractivity contribution in [3.8, 4) is 5.88 Å². The summed E-state index contributed by atoms with van der Waals surface area (Å²) in [5.74, 6) is 0.721. The van der Waals surface area contributed by atoms with Crippen LogP contribution in [-0.2, 0) is 12.0 Å². The Morgan fingerprint density at radius 3 is 2.25 bits per heavy atom. The van der Waals surface area contributed by atoms with Crippen molar-refractivity contribution in [2.24, 2.45) is 0 Å². The number of nitrogens with one attached hydrogen (secondary N) is 1. The molecule has 1 heterocycles. The van der Waals surface area contributed by atoms with Gasteiger partial charge in [-0.05, 0) is 45.4 Å². The fraction of sp³-hybridized carbons (Fsp3) is 0.706. The molecule has 0 spiro atoms. The first-order valence-corrected chi connectivity index (χ1v) is 7.53. The largest absolute Gasteiger partial charge is 0.472 e. The molecule has 0 saturated carbocycles. The van der Waals surface area contributed by atoms with Crippen LogP contribution in [0, 0.1) is 0 Å². The van der Waals surface area contributed by atoms with Gasteiger partial charge in [0.15, 0.2) is 0 Å². The Balaban J connectivity index is 3.02. The van der Waals surface area contributed by atoms with E-state index >= 15 is 0 Å². The Bertz CT molecular complexity index is 428. The third kappa shape index (κ3) is 5.91. The Hall–Kier alpha value is -1.09. The van der Waals surface area contributed by atoms with Crippen LogP contribution in [0.4, 0.5) is 0 Å². The quantitative estimate of drug-likeness (QED) is 0.825. The molecule has 0 radical (unpaired) electrons. The second-order valence-corrected chi connectivity index (χ2v) is 7.34. The van der Waals surface area contributed by atoms with Crippen LogP contribution >= 0.6 is 0 Å². The first-order chi connectivity index (χ1) is 9.12. The predicted molar refractivity (Wildman–Crippen MR) is 85.3 cm³/mol. The molecule has 114 valence electrons. The maximum Gasteiger partial charge on any atom is 0.214 e. The van der Waals surface area contributed by atoms with Crippen LogP contribution in [0.3, 0.4) is 0 Å². The van der Waals surface area contributed by atoms with Crippen molar-refractivity contribution < 1.29 is 4.74 Å². The van der Waals surface area contributed by atoms with Crippen LogP contribution in [-0.4, -0.2) is 17.1 Å². The van der Waals surface area contributed by atoms with Gasteiger partial charge in [-0.2, -0.15) is 0 Å². The summed E-state index contributed by atoms with van der Waals surface area (Å²) in [5, 5.41) is 3.44. The molecule has 0 aromatic carbocycles. The maximum atomic E-state index is 5.95. The summed E-state index contributed by atoms with van der Waals surface area (Å²) in [6, 6.07) is 4.22. The summed E-state index contributed by atoms with van der Waals surface area (Å²) in [7, 11) is 0. The van der Waals surface area contributed by atoms with Gasteiger partial charge in [-0.1, -0.05) is 27.7 Å². The summed E-state index contributed by atoms with van der Waals surface area (Å²) in [5.41, 5.74) is 2.11. The monoisotopic (exact) mass is 278 g/mol. The lowest BCUT2D eigenvalue weighted by atomic mass is 9.91. The minimum atomic E-state index is -0.225. The average molecular weight is 278 g/mol. The van der Waals surface area contributed by atoms with E-state index in [0.29, 0.717) is 0 Å². The molecule has 1 aromatic heterocycles. The maximum absolute atomic E-state index is 5.95. The molecule has 0 aliphatic carbocycles. The Labute approximate surface area is 124 Å². The van der Waals surface area contributed by atoms with E-state index in [1.807, 2.05) is 26.8 Å². The van der Waals surface area contributed by atoms with Crippen LogP contribution in [0.25, 0.3) is 0 Å². The Morgan fingerprint density at radius 1 is 1.10 bits per heavy atom. The van der Waals surface area contributed by atoms with Crippen LogP contribution in [0.2, 0.25) is 0 Å². The predicted octanol–water partition coefficient (Wildman–Crippen LogP) is 4.06. The molecule has 1 N–H and O–H groups in total. The van der Waals surface area contributed by atoms with Gasteiger partial charge in [0.2, 0.25) is 5.88 Å². The zero-order valence-electron chi connectivity index (χ0n) is 14.1. The molecule has 1 rings (SSSR count). The van der Waals surface area contributed by atoms with E-state index in [4.69, 9.17) is 4.74 Å². The molecule has 3 heteroatoms. The summed E-state index contributed by atoms with van der Waals surface area (Å²) in [4.78, 5) is 4.67. The van der Waals surface area contributed by atoms with E-state index in [1.54, 1.807) is 0 Å². The fourth-order valence-electron chi connectivity index (χ4n) is 1.82. The smallest absolute Gasteiger partial charge is 0.214 e. The first-order valence-electron chi connectivity index (χ1n) is 7.53. The van der Waals surface area contributed by atoms with E-state index in [1.165, 1.54) is 5.56 Å². The fourth-order valence-corrected chi connectivity index (χ4v) is 1.82. The zero-order valence-corrected chi connectivity index (χ0v) is 14.1. The van der Waals surface area contributed by atoms with Crippen LogP contribution < -0.4 is 10.1 Å². The molecule has 0 atom stereocenters. The molecule has 0 saturated heterocycles. The molecule has 3 nitrogen and oxygen atoms in total. The lowest BCUT2D eigenvalue weighted by molar-refractivity contribution is 0.123. The third-order valence-corrected chi connectivity index (χ3v) is 2.80. The highest BCUT2D eigenvalue weighted by Gasteiger charge is 2.20. The summed E-state index contributed by atoms with van der Waals surface area (Å²) < 4.78 is 5.95. The van der Waals surface area contributed by atoms with Gasteiger partial charge in [0.1, 0.15) is 5.60 Å². The molecule has 20 heavy (non-hydrogen) atoms. The normalized spacial score (nSPS) is 12.6. The molecule has 0 aliphatic heterocycles. The van der Waals surface area contributed by atoms with E-state index in [-0.39, 0.29) is 11.0 Å². The van der Waals surface area contributed by atoms with Crippen molar-refractivity contribution in [1.29, 1.82) is 0 Å². The summed E-state index contributed by atoms with van der Waals surface area (Å²) in [6.45, 7) is 16.8. The van der Waals surface area contributed by atoms with E-state index in [0.717, 1.165) is 31.1 Å². The van der Waals surface area contributed by atoms with Crippen LogP contribution in [0.15, 0.2) is 12.1 Å². The number of aromatic nitrogens is 1. The summed E-state index contributed by atoms with van der Waals surface area (Å²) in [6.07, 6.45) is 1.14. The number of ether oxygens (including phenoxy) is 1. The standard InChI is InChI=1S/C17H30N2O/c1-8-9-18-12-13-10-14(16(2,3)4)19-15(11-13)20-17(5,6)7/h10-11,18H,8-9,12H2,1-7H3. The molecule has 0 amide bonds. The lowest BCUT2D eigenvalue weighted by Crippen LogP contribution is -2.25. The van der Waals surface area contributed by atoms with Gasteiger partial charge < -0.3 is 10.1 Å². The van der Waals surface area contributed by atoms with Crippen molar-refractivity contribution in [1.82, 2.24) is 10.3 Å². The van der Waals surface area contributed by atoms with Gasteiger partial charge in [0.25, 0.3) is 0 Å². The van der Waals surface area contributed by atoms with E-state index in [9.17, 15) is 0 Å². The molecule has 0 aliphatic rings. The minimum Gasteiger partial charge on any atom is -0.472 e. The van der Waals surface area contributed by atoms with Crippen molar-refractivity contribution in [2.75, 3.05) is 6.54 Å². The lowest BCUT2D eigenvalue weighted by Gasteiger charge is -2.24. The van der Waals surface area contributed by atoms with Gasteiger partial charge >= 0.3 is 0 Å². The topological polar surface area (TPSA) is 34.1 Å². The van der Waals surface area contributed by atoms with E-state index in [2.05, 4.69) is 44.1 Å². The average Bonchev–Trinajstić information content (AvgIpc) is 2.25. The van der Waals surface area contributed by atoms with Gasteiger partial charge in [-0.3, -0.25) is 0 Å². The second-order valence-electron chi connectivity index (χ2n) is 7.34. The molecule has 0 fully saturated rings. The van der Waals surface area contributed by atoms with Crippen LogP contribution in [0.1, 0.15) is 66.1 Å². The van der Waals surface area contributed by atoms with Crippen molar-refractivity contribution in [3.05, 3.63) is 23.4 Å². The molecule has 1 aromatic rings. The molecular weight excluding hydrogens is 248 g/mol.